The van der Waals surface area contributed by atoms with Crippen molar-refractivity contribution in [2.45, 2.75) is 18.9 Å². The average Bonchev–Trinajstić information content (AvgIpc) is 3.14. The maximum absolute atomic E-state index is 5.76. The standard InChI is InChI=1S/C13H12N2OS/c17-13-12(7-14-8-15-13)9-2-1-3-11(6-9)16-10-4-5-10/h1-3,6-8,10H,4-5H2,(H,14,15,17). The molecule has 0 unspecified atom stereocenters. The highest BCUT2D eigenvalue weighted by Crippen LogP contribution is 2.29. The molecular formula is C13H12N2OS. The molecule has 3 nitrogen and oxygen atoms in total. The predicted octanol–water partition coefficient (Wildman–Crippen LogP) is 3.35. The van der Waals surface area contributed by atoms with Crippen molar-refractivity contribution in [2.75, 3.05) is 0 Å². The van der Waals surface area contributed by atoms with Gasteiger partial charge >= 0.3 is 0 Å². The minimum absolute atomic E-state index is 0.411. The third kappa shape index (κ3) is 2.36. The molecule has 2 aromatic rings. The van der Waals surface area contributed by atoms with Crippen LogP contribution in [0.3, 0.4) is 0 Å². The van der Waals surface area contributed by atoms with Crippen molar-refractivity contribution in [2.24, 2.45) is 0 Å². The second kappa shape index (κ2) is 4.30. The number of nitrogens with one attached hydrogen (secondary N) is 1. The molecule has 0 saturated heterocycles. The Bertz CT molecular complexity index is 590. The molecule has 0 bridgehead atoms. The predicted molar refractivity (Wildman–Crippen MR) is 68.5 cm³/mol. The molecule has 1 saturated carbocycles. The second-order valence-electron chi connectivity index (χ2n) is 4.14. The van der Waals surface area contributed by atoms with E-state index in [1.165, 1.54) is 0 Å². The Morgan fingerprint density at radius 1 is 1.35 bits per heavy atom. The summed E-state index contributed by atoms with van der Waals surface area (Å²) in [4.78, 5) is 7.00. The number of aromatic amines is 1. The summed E-state index contributed by atoms with van der Waals surface area (Å²) >= 11 is 5.24. The van der Waals surface area contributed by atoms with Crippen LogP contribution in [0.1, 0.15) is 12.8 Å². The molecule has 4 heteroatoms. The smallest absolute Gasteiger partial charge is 0.120 e. The van der Waals surface area contributed by atoms with Gasteiger partial charge in [0.15, 0.2) is 0 Å². The van der Waals surface area contributed by atoms with Crippen LogP contribution in [-0.2, 0) is 0 Å². The zero-order chi connectivity index (χ0) is 11.7. The molecule has 0 amide bonds. The first kappa shape index (κ1) is 10.5. The summed E-state index contributed by atoms with van der Waals surface area (Å²) in [5.41, 5.74) is 1.97. The van der Waals surface area contributed by atoms with E-state index in [-0.39, 0.29) is 0 Å². The van der Waals surface area contributed by atoms with Gasteiger partial charge < -0.3 is 9.72 Å². The number of benzene rings is 1. The van der Waals surface area contributed by atoms with E-state index in [0.29, 0.717) is 10.7 Å². The third-order valence-electron chi connectivity index (χ3n) is 2.69. The van der Waals surface area contributed by atoms with Gasteiger partial charge in [-0.15, -0.1) is 0 Å². The van der Waals surface area contributed by atoms with Crippen LogP contribution < -0.4 is 4.74 Å². The highest BCUT2D eigenvalue weighted by Gasteiger charge is 2.23. The van der Waals surface area contributed by atoms with Gasteiger partial charge in [0.1, 0.15) is 10.4 Å². The zero-order valence-electron chi connectivity index (χ0n) is 9.22. The average molecular weight is 244 g/mol. The summed E-state index contributed by atoms with van der Waals surface area (Å²) in [5.74, 6) is 0.906. The van der Waals surface area contributed by atoms with Crippen molar-refractivity contribution in [1.82, 2.24) is 9.97 Å². The number of ether oxygens (including phenoxy) is 1. The fourth-order valence-electron chi connectivity index (χ4n) is 1.66. The summed E-state index contributed by atoms with van der Waals surface area (Å²) in [6.07, 6.45) is 6.11. The van der Waals surface area contributed by atoms with Gasteiger partial charge in [-0.25, -0.2) is 4.98 Å². The van der Waals surface area contributed by atoms with E-state index in [4.69, 9.17) is 17.0 Å². The van der Waals surface area contributed by atoms with Crippen molar-refractivity contribution < 1.29 is 4.74 Å². The maximum Gasteiger partial charge on any atom is 0.120 e. The number of aromatic nitrogens is 2. The van der Waals surface area contributed by atoms with E-state index in [1.54, 1.807) is 12.5 Å². The minimum Gasteiger partial charge on any atom is -0.490 e. The monoisotopic (exact) mass is 244 g/mol. The van der Waals surface area contributed by atoms with Gasteiger partial charge in [-0.2, -0.15) is 0 Å². The van der Waals surface area contributed by atoms with Crippen molar-refractivity contribution in [1.29, 1.82) is 0 Å². The topological polar surface area (TPSA) is 37.9 Å². The number of rotatable bonds is 3. The Morgan fingerprint density at radius 3 is 3.00 bits per heavy atom. The van der Waals surface area contributed by atoms with Gasteiger partial charge in [-0.3, -0.25) is 0 Å². The Labute approximate surface area is 104 Å². The van der Waals surface area contributed by atoms with Gasteiger partial charge in [0.05, 0.1) is 12.4 Å². The molecule has 1 fully saturated rings. The molecule has 0 spiro atoms. The van der Waals surface area contributed by atoms with Crippen molar-refractivity contribution >= 4 is 12.2 Å². The molecular weight excluding hydrogens is 232 g/mol. The SMILES string of the molecule is S=c1[nH]cncc1-c1cccc(OC2CC2)c1. The first-order chi connectivity index (χ1) is 8.33. The van der Waals surface area contributed by atoms with Crippen LogP contribution in [0.4, 0.5) is 0 Å². The first-order valence-corrected chi connectivity index (χ1v) is 6.03. The van der Waals surface area contributed by atoms with Gasteiger partial charge in [0.2, 0.25) is 0 Å². The molecule has 17 heavy (non-hydrogen) atoms. The lowest BCUT2D eigenvalue weighted by Gasteiger charge is -2.06. The lowest BCUT2D eigenvalue weighted by Crippen LogP contribution is -1.95. The lowest BCUT2D eigenvalue weighted by atomic mass is 10.1. The zero-order valence-corrected chi connectivity index (χ0v) is 10.0. The van der Waals surface area contributed by atoms with Gasteiger partial charge in [-0.05, 0) is 30.5 Å². The van der Waals surface area contributed by atoms with E-state index in [9.17, 15) is 0 Å². The fraction of sp³-hybridized carbons (Fsp3) is 0.231. The summed E-state index contributed by atoms with van der Waals surface area (Å²) in [5, 5.41) is 0. The van der Waals surface area contributed by atoms with Crippen LogP contribution in [0, 0.1) is 4.64 Å². The highest BCUT2D eigenvalue weighted by molar-refractivity contribution is 7.71. The van der Waals surface area contributed by atoms with Crippen LogP contribution in [0.5, 0.6) is 5.75 Å². The van der Waals surface area contributed by atoms with Gasteiger partial charge in [0, 0.05) is 11.8 Å². The van der Waals surface area contributed by atoms with Crippen molar-refractivity contribution in [3.63, 3.8) is 0 Å². The maximum atomic E-state index is 5.76. The summed E-state index contributed by atoms with van der Waals surface area (Å²) in [7, 11) is 0. The molecule has 1 aliphatic rings. The second-order valence-corrected chi connectivity index (χ2v) is 4.55. The molecule has 0 radical (unpaired) electrons. The Morgan fingerprint density at radius 2 is 2.24 bits per heavy atom. The largest absolute Gasteiger partial charge is 0.490 e. The summed E-state index contributed by atoms with van der Waals surface area (Å²) in [6.45, 7) is 0. The number of hydrogen-bond acceptors (Lipinski definition) is 3. The molecule has 1 aliphatic carbocycles. The Kier molecular flexibility index (Phi) is 2.65. The quantitative estimate of drug-likeness (QED) is 0.841. The first-order valence-electron chi connectivity index (χ1n) is 5.63. The molecule has 86 valence electrons. The van der Waals surface area contributed by atoms with Gasteiger partial charge in [0.25, 0.3) is 0 Å². The lowest BCUT2D eigenvalue weighted by molar-refractivity contribution is 0.303. The molecule has 1 heterocycles. The summed E-state index contributed by atoms with van der Waals surface area (Å²) < 4.78 is 6.46. The van der Waals surface area contributed by atoms with Crippen molar-refractivity contribution in [3.8, 4) is 16.9 Å². The van der Waals surface area contributed by atoms with Crippen LogP contribution >= 0.6 is 12.2 Å². The van der Waals surface area contributed by atoms with Crippen LogP contribution in [-0.4, -0.2) is 16.1 Å². The molecule has 0 atom stereocenters. The van der Waals surface area contributed by atoms with E-state index >= 15 is 0 Å². The van der Waals surface area contributed by atoms with Crippen LogP contribution in [0.15, 0.2) is 36.8 Å². The summed E-state index contributed by atoms with van der Waals surface area (Å²) in [6, 6.07) is 7.99. The molecule has 1 aromatic carbocycles. The van der Waals surface area contributed by atoms with Crippen LogP contribution in [0.25, 0.3) is 11.1 Å². The number of H-pyrrole nitrogens is 1. The molecule has 1 aromatic heterocycles. The normalized spacial score (nSPS) is 14.6. The minimum atomic E-state index is 0.411. The fourth-order valence-corrected chi connectivity index (χ4v) is 1.89. The van der Waals surface area contributed by atoms with E-state index in [1.807, 2.05) is 24.3 Å². The van der Waals surface area contributed by atoms with E-state index < -0.39 is 0 Å². The van der Waals surface area contributed by atoms with Gasteiger partial charge in [-0.1, -0.05) is 24.4 Å². The van der Waals surface area contributed by atoms with Crippen molar-refractivity contribution in [3.05, 3.63) is 41.4 Å². The molecule has 0 aliphatic heterocycles. The Balaban J connectivity index is 1.97. The van der Waals surface area contributed by atoms with E-state index in [0.717, 1.165) is 29.7 Å². The molecule has 1 N–H and O–H groups in total. The van der Waals surface area contributed by atoms with E-state index in [2.05, 4.69) is 9.97 Å². The van der Waals surface area contributed by atoms with Crippen LogP contribution in [0.2, 0.25) is 0 Å². The number of hydrogen-bond donors (Lipinski definition) is 1. The third-order valence-corrected chi connectivity index (χ3v) is 3.03. The highest BCUT2D eigenvalue weighted by atomic mass is 32.1. The number of nitrogens with zero attached hydrogens (tertiary/aromatic N) is 1. The molecule has 3 rings (SSSR count). The Hall–Kier alpha value is -1.68.